The number of rotatable bonds is 5. The number of benzene rings is 1. The Balaban J connectivity index is 0.00000220. The van der Waals surface area contributed by atoms with Crippen molar-refractivity contribution in [3.05, 3.63) is 35.4 Å². The van der Waals surface area contributed by atoms with Crippen molar-refractivity contribution >= 4 is 12.4 Å². The minimum atomic E-state index is -4.33. The first-order valence-corrected chi connectivity index (χ1v) is 6.78. The van der Waals surface area contributed by atoms with E-state index in [0.717, 1.165) is 25.0 Å². The maximum absolute atomic E-state index is 12.6. The first kappa shape index (κ1) is 18.3. The molecule has 1 aliphatic rings. The van der Waals surface area contributed by atoms with E-state index in [9.17, 15) is 18.3 Å². The Kier molecular flexibility index (Phi) is 5.69. The smallest absolute Gasteiger partial charge is 0.385 e. The van der Waals surface area contributed by atoms with Crippen LogP contribution in [0.5, 0.6) is 0 Å². The summed E-state index contributed by atoms with van der Waals surface area (Å²) in [6.45, 7) is 0.702. The van der Waals surface area contributed by atoms with Crippen molar-refractivity contribution in [1.29, 1.82) is 0 Å². The minimum Gasteiger partial charge on any atom is -0.385 e. The van der Waals surface area contributed by atoms with Crippen LogP contribution in [0.4, 0.5) is 13.2 Å². The number of hydrogen-bond acceptors (Lipinski definition) is 2. The van der Waals surface area contributed by atoms with Crippen LogP contribution in [-0.4, -0.2) is 30.6 Å². The lowest BCUT2D eigenvalue weighted by molar-refractivity contribution is -0.137. The van der Waals surface area contributed by atoms with Gasteiger partial charge in [-0.2, -0.15) is 13.2 Å². The molecule has 1 aromatic rings. The topological polar surface area (TPSA) is 23.5 Å². The fraction of sp³-hybridized carbons (Fsp3) is 0.600. The third-order valence-corrected chi connectivity index (χ3v) is 3.90. The van der Waals surface area contributed by atoms with Gasteiger partial charge in [0.1, 0.15) is 0 Å². The van der Waals surface area contributed by atoms with E-state index < -0.39 is 17.3 Å². The van der Waals surface area contributed by atoms with Crippen LogP contribution in [0.1, 0.15) is 30.4 Å². The summed E-state index contributed by atoms with van der Waals surface area (Å²) in [5, 5.41) is 10.9. The largest absolute Gasteiger partial charge is 0.416 e. The summed E-state index contributed by atoms with van der Waals surface area (Å²) in [5.74, 6) is 0.166. The fourth-order valence-electron chi connectivity index (χ4n) is 2.49. The van der Waals surface area contributed by atoms with Crippen LogP contribution >= 0.6 is 12.4 Å². The zero-order valence-corrected chi connectivity index (χ0v) is 13.0. The molecule has 1 fully saturated rings. The van der Waals surface area contributed by atoms with Gasteiger partial charge in [0.2, 0.25) is 0 Å². The van der Waals surface area contributed by atoms with E-state index in [4.69, 9.17) is 0 Å². The van der Waals surface area contributed by atoms with Crippen LogP contribution < -0.4 is 0 Å². The van der Waals surface area contributed by atoms with Crippen LogP contribution in [0, 0.1) is 5.92 Å². The van der Waals surface area contributed by atoms with E-state index in [2.05, 4.69) is 0 Å². The lowest BCUT2D eigenvalue weighted by Gasteiger charge is -2.30. The second-order valence-corrected chi connectivity index (χ2v) is 5.83. The Morgan fingerprint density at radius 3 is 1.95 bits per heavy atom. The first-order valence-electron chi connectivity index (χ1n) is 6.78. The van der Waals surface area contributed by atoms with E-state index in [1.54, 1.807) is 0 Å². The molecule has 0 amide bonds. The average Bonchev–Trinajstić information content (AvgIpc) is 3.19. The molecule has 1 unspecified atom stereocenters. The van der Waals surface area contributed by atoms with Crippen molar-refractivity contribution in [3.8, 4) is 0 Å². The molecule has 0 bridgehead atoms. The molecular formula is C15H21ClF3NO. The van der Waals surface area contributed by atoms with Crippen LogP contribution in [0.2, 0.25) is 0 Å². The molecule has 0 aromatic heterocycles. The van der Waals surface area contributed by atoms with Crippen molar-refractivity contribution in [1.82, 2.24) is 4.90 Å². The number of nitrogens with zero attached hydrogens (tertiary/aromatic N) is 1. The molecular weight excluding hydrogens is 303 g/mol. The molecule has 0 heterocycles. The van der Waals surface area contributed by atoms with Crippen LogP contribution in [0.3, 0.4) is 0 Å². The zero-order valence-electron chi connectivity index (χ0n) is 12.2. The van der Waals surface area contributed by atoms with Gasteiger partial charge in [0.05, 0.1) is 11.2 Å². The lowest BCUT2D eigenvalue weighted by atomic mass is 9.85. The van der Waals surface area contributed by atoms with Gasteiger partial charge in [-0.15, -0.1) is 12.4 Å². The van der Waals surface area contributed by atoms with Crippen LogP contribution in [0.15, 0.2) is 24.3 Å². The monoisotopic (exact) mass is 323 g/mol. The highest BCUT2D eigenvalue weighted by Crippen LogP contribution is 2.48. The summed E-state index contributed by atoms with van der Waals surface area (Å²) < 4.78 is 37.7. The second-order valence-electron chi connectivity index (χ2n) is 5.83. The van der Waals surface area contributed by atoms with Crippen molar-refractivity contribution in [2.75, 3.05) is 20.6 Å². The highest BCUT2D eigenvalue weighted by molar-refractivity contribution is 5.85. The molecule has 0 aliphatic heterocycles. The number of halogens is 4. The molecule has 2 nitrogen and oxygen atoms in total. The van der Waals surface area contributed by atoms with Gasteiger partial charge < -0.3 is 10.0 Å². The highest BCUT2D eigenvalue weighted by atomic mass is 35.5. The molecule has 0 spiro atoms. The molecule has 0 saturated heterocycles. The zero-order chi connectivity index (χ0) is 15.0. The van der Waals surface area contributed by atoms with Gasteiger partial charge in [-0.1, -0.05) is 12.1 Å². The number of aliphatic hydroxyl groups is 1. The van der Waals surface area contributed by atoms with Gasteiger partial charge in [-0.05, 0) is 57.0 Å². The maximum atomic E-state index is 12.6. The second kappa shape index (κ2) is 6.55. The third-order valence-electron chi connectivity index (χ3n) is 3.90. The number of hydrogen-bond donors (Lipinski definition) is 1. The van der Waals surface area contributed by atoms with E-state index in [-0.39, 0.29) is 18.3 Å². The van der Waals surface area contributed by atoms with Crippen molar-refractivity contribution in [2.45, 2.75) is 31.0 Å². The van der Waals surface area contributed by atoms with E-state index in [1.807, 2.05) is 19.0 Å². The fourth-order valence-corrected chi connectivity index (χ4v) is 2.49. The molecule has 120 valence electrons. The minimum absolute atomic E-state index is 0. The molecule has 1 aromatic carbocycles. The van der Waals surface area contributed by atoms with Crippen molar-refractivity contribution in [3.63, 3.8) is 0 Å². The van der Waals surface area contributed by atoms with Gasteiger partial charge in [0.15, 0.2) is 0 Å². The van der Waals surface area contributed by atoms with Gasteiger partial charge >= 0.3 is 6.18 Å². The summed E-state index contributed by atoms with van der Waals surface area (Å²) in [4.78, 5) is 1.97. The standard InChI is InChI=1S/C15H20F3NO.ClH/c1-19(2)10-9-14(20,11-3-4-11)12-5-7-13(8-6-12)15(16,17)18;/h5-8,11,20H,3-4,9-10H2,1-2H3;1H. The van der Waals surface area contributed by atoms with Crippen LogP contribution in [0.25, 0.3) is 0 Å². The summed E-state index contributed by atoms with van der Waals surface area (Å²) in [7, 11) is 3.83. The molecule has 0 radical (unpaired) electrons. The molecule has 1 atom stereocenters. The first-order chi connectivity index (χ1) is 9.23. The summed E-state index contributed by atoms with van der Waals surface area (Å²) in [5.41, 5.74) is -1.09. The molecule has 21 heavy (non-hydrogen) atoms. The Morgan fingerprint density at radius 2 is 1.57 bits per heavy atom. The maximum Gasteiger partial charge on any atom is 0.416 e. The highest BCUT2D eigenvalue weighted by Gasteiger charge is 2.45. The molecule has 1 N–H and O–H groups in total. The third kappa shape index (κ3) is 4.34. The number of alkyl halides is 3. The molecule has 6 heteroatoms. The van der Waals surface area contributed by atoms with Gasteiger partial charge in [0.25, 0.3) is 0 Å². The molecule has 1 aliphatic carbocycles. The van der Waals surface area contributed by atoms with Crippen molar-refractivity contribution < 1.29 is 18.3 Å². The van der Waals surface area contributed by atoms with E-state index in [1.165, 1.54) is 12.1 Å². The Morgan fingerprint density at radius 1 is 1.10 bits per heavy atom. The quantitative estimate of drug-likeness (QED) is 0.893. The van der Waals surface area contributed by atoms with Crippen molar-refractivity contribution in [2.24, 2.45) is 5.92 Å². The molecule has 2 rings (SSSR count). The lowest BCUT2D eigenvalue weighted by Crippen LogP contribution is -2.32. The average molecular weight is 324 g/mol. The normalized spacial score (nSPS) is 18.2. The van der Waals surface area contributed by atoms with Gasteiger partial charge in [-0.3, -0.25) is 0 Å². The van der Waals surface area contributed by atoms with E-state index in [0.29, 0.717) is 18.5 Å². The van der Waals surface area contributed by atoms with Crippen LogP contribution in [-0.2, 0) is 11.8 Å². The van der Waals surface area contributed by atoms with Gasteiger partial charge in [-0.25, -0.2) is 0 Å². The van der Waals surface area contributed by atoms with E-state index >= 15 is 0 Å². The Bertz CT molecular complexity index is 457. The van der Waals surface area contributed by atoms with Gasteiger partial charge in [0, 0.05) is 6.54 Å². The predicted molar refractivity (Wildman–Crippen MR) is 78.5 cm³/mol. The SMILES string of the molecule is CN(C)CCC(O)(c1ccc(C(F)(F)F)cc1)C1CC1.Cl. The summed E-state index contributed by atoms with van der Waals surface area (Å²) in [6, 6.07) is 4.93. The Hall–Kier alpha value is -0.780. The molecule has 1 saturated carbocycles. The predicted octanol–water partition coefficient (Wildman–Crippen LogP) is 3.68. The summed E-state index contributed by atoms with van der Waals surface area (Å²) >= 11 is 0. The Labute approximate surface area is 129 Å². The summed E-state index contributed by atoms with van der Waals surface area (Å²) in [6.07, 6.45) is -1.92.